The van der Waals surface area contributed by atoms with Crippen molar-refractivity contribution in [2.45, 2.75) is 30.9 Å². The summed E-state index contributed by atoms with van der Waals surface area (Å²) in [6, 6.07) is 9.97. The number of nitrogens with one attached hydrogen (secondary N) is 1. The van der Waals surface area contributed by atoms with E-state index in [0.29, 0.717) is 32.6 Å². The summed E-state index contributed by atoms with van der Waals surface area (Å²) in [5.41, 5.74) is 2.88. The molecule has 1 aromatic carbocycles. The van der Waals surface area contributed by atoms with Gasteiger partial charge in [0, 0.05) is 42.8 Å². The Hall–Kier alpha value is -1.66. The van der Waals surface area contributed by atoms with Crippen LogP contribution in [0.3, 0.4) is 0 Å². The van der Waals surface area contributed by atoms with Crippen molar-refractivity contribution in [3.8, 4) is 0 Å². The minimum atomic E-state index is -3.18. The third-order valence-corrected chi connectivity index (χ3v) is 7.05. The molecule has 130 valence electrons. The number of fused-ring (bicyclic) bond motifs is 1. The monoisotopic (exact) mass is 348 g/mol. The molecule has 1 N–H and O–H groups in total. The van der Waals surface area contributed by atoms with Gasteiger partial charge in [0.25, 0.3) is 0 Å². The van der Waals surface area contributed by atoms with E-state index in [1.807, 2.05) is 30.3 Å². The minimum Gasteiger partial charge on any atom is -0.383 e. The van der Waals surface area contributed by atoms with Crippen LogP contribution in [0.1, 0.15) is 25.5 Å². The van der Waals surface area contributed by atoms with E-state index >= 15 is 0 Å². The summed E-state index contributed by atoms with van der Waals surface area (Å²) in [6.45, 7) is 3.45. The molecule has 3 rings (SSSR count). The summed E-state index contributed by atoms with van der Waals surface area (Å²) in [5, 5.41) is 4.42. The van der Waals surface area contributed by atoms with E-state index in [2.05, 4.69) is 17.2 Å². The van der Waals surface area contributed by atoms with Crippen molar-refractivity contribution >= 4 is 26.4 Å². The molecule has 0 radical (unpaired) electrons. The zero-order valence-electron chi connectivity index (χ0n) is 14.2. The molecule has 0 unspecified atom stereocenters. The average Bonchev–Trinajstić information content (AvgIpc) is 2.59. The number of rotatable bonds is 5. The van der Waals surface area contributed by atoms with E-state index in [9.17, 15) is 8.42 Å². The summed E-state index contributed by atoms with van der Waals surface area (Å²) in [4.78, 5) is 4.64. The van der Waals surface area contributed by atoms with Gasteiger partial charge >= 0.3 is 0 Å². The molecule has 1 saturated heterocycles. The topological polar surface area (TPSA) is 68.3 Å². The second-order valence-corrected chi connectivity index (χ2v) is 8.86. The molecule has 1 aromatic heterocycles. The van der Waals surface area contributed by atoms with Crippen LogP contribution in [-0.2, 0) is 21.0 Å². The zero-order valence-corrected chi connectivity index (χ0v) is 15.0. The van der Waals surface area contributed by atoms with E-state index in [0.717, 1.165) is 28.7 Å². The van der Waals surface area contributed by atoms with Crippen molar-refractivity contribution in [3.63, 3.8) is 0 Å². The summed E-state index contributed by atoms with van der Waals surface area (Å²) in [5.74, 6) is 0. The lowest BCUT2D eigenvalue weighted by Gasteiger charge is -2.35. The van der Waals surface area contributed by atoms with Gasteiger partial charge in [0.2, 0.25) is 0 Å². The third-order valence-electron chi connectivity index (χ3n) is 4.92. The predicted octanol–water partition coefficient (Wildman–Crippen LogP) is 2.80. The molecule has 0 aliphatic carbocycles. The summed E-state index contributed by atoms with van der Waals surface area (Å²) >= 11 is 0. The van der Waals surface area contributed by atoms with Crippen LogP contribution in [0.2, 0.25) is 0 Å². The highest BCUT2D eigenvalue weighted by Crippen LogP contribution is 2.31. The Morgan fingerprint density at radius 1 is 1.25 bits per heavy atom. The van der Waals surface area contributed by atoms with Gasteiger partial charge in [-0.25, -0.2) is 8.42 Å². The lowest BCUT2D eigenvalue weighted by atomic mass is 9.98. The Morgan fingerprint density at radius 3 is 2.62 bits per heavy atom. The van der Waals surface area contributed by atoms with Crippen LogP contribution >= 0.6 is 0 Å². The second-order valence-electron chi connectivity index (χ2n) is 6.45. The fourth-order valence-electron chi connectivity index (χ4n) is 3.24. The van der Waals surface area contributed by atoms with Crippen LogP contribution < -0.4 is 5.32 Å². The first-order valence-electron chi connectivity index (χ1n) is 8.35. The maximum Gasteiger partial charge on any atom is 0.155 e. The first kappa shape index (κ1) is 17.2. The van der Waals surface area contributed by atoms with E-state index in [4.69, 9.17) is 4.74 Å². The maximum atomic E-state index is 12.4. The molecule has 0 saturated carbocycles. The summed E-state index contributed by atoms with van der Waals surface area (Å²) < 4.78 is 29.4. The number of nitrogens with zero attached hydrogens (tertiary/aromatic N) is 1. The quantitative estimate of drug-likeness (QED) is 0.900. The highest BCUT2D eigenvalue weighted by molar-refractivity contribution is 7.92. The second kappa shape index (κ2) is 6.69. The predicted molar refractivity (Wildman–Crippen MR) is 97.2 cm³/mol. The van der Waals surface area contributed by atoms with Gasteiger partial charge in [-0.15, -0.1) is 0 Å². The van der Waals surface area contributed by atoms with Crippen molar-refractivity contribution in [3.05, 3.63) is 36.0 Å². The number of benzene rings is 1. The normalized spacial score (nSPS) is 17.8. The standard InChI is InChI=1S/C18H24N2O3S/c1-3-14-12-17(15-6-4-5-7-16(15)20-14)19-13-18(24(2,21)22)8-10-23-11-9-18/h4-7,12H,3,8-11,13H2,1-2H3,(H,19,20). The Morgan fingerprint density at radius 2 is 1.96 bits per heavy atom. The molecule has 1 aliphatic rings. The Labute approximate surface area is 143 Å². The average molecular weight is 348 g/mol. The van der Waals surface area contributed by atoms with Gasteiger partial charge in [-0.05, 0) is 31.4 Å². The van der Waals surface area contributed by atoms with E-state index in [1.54, 1.807) is 0 Å². The van der Waals surface area contributed by atoms with E-state index in [1.165, 1.54) is 6.26 Å². The van der Waals surface area contributed by atoms with Crippen molar-refractivity contribution < 1.29 is 13.2 Å². The Bertz CT molecular complexity index is 827. The van der Waals surface area contributed by atoms with Crippen LogP contribution in [0, 0.1) is 0 Å². The molecule has 2 heterocycles. The van der Waals surface area contributed by atoms with Gasteiger partial charge in [0.1, 0.15) is 0 Å². The van der Waals surface area contributed by atoms with Gasteiger partial charge in [-0.1, -0.05) is 25.1 Å². The number of aromatic nitrogens is 1. The zero-order chi connectivity index (χ0) is 17.2. The first-order valence-corrected chi connectivity index (χ1v) is 10.2. The molecule has 0 bridgehead atoms. The molecule has 1 fully saturated rings. The number of ether oxygens (including phenoxy) is 1. The lowest BCUT2D eigenvalue weighted by Crippen LogP contribution is -2.48. The number of anilines is 1. The van der Waals surface area contributed by atoms with Gasteiger partial charge in [-0.3, -0.25) is 4.98 Å². The number of para-hydroxylation sites is 1. The summed E-state index contributed by atoms with van der Waals surface area (Å²) in [7, 11) is -3.18. The molecular weight excluding hydrogens is 324 g/mol. The molecule has 6 heteroatoms. The van der Waals surface area contributed by atoms with Gasteiger partial charge in [-0.2, -0.15) is 0 Å². The Kier molecular flexibility index (Phi) is 4.78. The van der Waals surface area contributed by atoms with E-state index in [-0.39, 0.29) is 0 Å². The Balaban J connectivity index is 1.94. The SMILES string of the molecule is CCc1cc(NCC2(S(C)(=O)=O)CCOCC2)c2ccccc2n1. The molecule has 0 atom stereocenters. The number of hydrogen-bond donors (Lipinski definition) is 1. The van der Waals surface area contributed by atoms with Gasteiger partial charge in [0.05, 0.1) is 10.3 Å². The first-order chi connectivity index (χ1) is 11.5. The maximum absolute atomic E-state index is 12.4. The number of sulfone groups is 1. The van der Waals surface area contributed by atoms with Crippen LogP contribution in [0.25, 0.3) is 10.9 Å². The van der Waals surface area contributed by atoms with E-state index < -0.39 is 14.6 Å². The smallest absolute Gasteiger partial charge is 0.155 e. The van der Waals surface area contributed by atoms with Crippen LogP contribution in [-0.4, -0.2) is 44.2 Å². The fraction of sp³-hybridized carbons (Fsp3) is 0.500. The van der Waals surface area contributed by atoms with Gasteiger partial charge < -0.3 is 10.1 Å². The molecule has 2 aromatic rings. The van der Waals surface area contributed by atoms with Crippen molar-refractivity contribution in [1.82, 2.24) is 4.98 Å². The number of aryl methyl sites for hydroxylation is 1. The largest absolute Gasteiger partial charge is 0.383 e. The lowest BCUT2D eigenvalue weighted by molar-refractivity contribution is 0.0777. The van der Waals surface area contributed by atoms with Crippen molar-refractivity contribution in [1.29, 1.82) is 0 Å². The highest BCUT2D eigenvalue weighted by Gasteiger charge is 2.42. The number of pyridine rings is 1. The molecule has 24 heavy (non-hydrogen) atoms. The van der Waals surface area contributed by atoms with Crippen molar-refractivity contribution in [2.24, 2.45) is 0 Å². The number of hydrogen-bond acceptors (Lipinski definition) is 5. The molecular formula is C18H24N2O3S. The highest BCUT2D eigenvalue weighted by atomic mass is 32.2. The fourth-order valence-corrected chi connectivity index (χ4v) is 4.48. The van der Waals surface area contributed by atoms with Crippen molar-refractivity contribution in [2.75, 3.05) is 31.3 Å². The van der Waals surface area contributed by atoms with Crippen LogP contribution in [0.4, 0.5) is 5.69 Å². The molecule has 0 amide bonds. The molecule has 5 nitrogen and oxygen atoms in total. The third kappa shape index (κ3) is 3.26. The summed E-state index contributed by atoms with van der Waals surface area (Å²) in [6.07, 6.45) is 3.23. The molecule has 0 spiro atoms. The van der Waals surface area contributed by atoms with Crippen LogP contribution in [0.5, 0.6) is 0 Å². The molecule has 1 aliphatic heterocycles. The van der Waals surface area contributed by atoms with Gasteiger partial charge in [0.15, 0.2) is 9.84 Å². The minimum absolute atomic E-state index is 0.395. The van der Waals surface area contributed by atoms with Crippen LogP contribution in [0.15, 0.2) is 30.3 Å².